The molecule has 0 bridgehead atoms. The molecule has 1 aliphatic heterocycles. The Morgan fingerprint density at radius 1 is 1.06 bits per heavy atom. The number of rotatable bonds is 1. The lowest BCUT2D eigenvalue weighted by Crippen LogP contribution is -2.46. The Morgan fingerprint density at radius 2 is 1.67 bits per heavy atom. The smallest absolute Gasteiger partial charge is 0.283 e. The van der Waals surface area contributed by atoms with Gasteiger partial charge in [0.2, 0.25) is 0 Å². The molecule has 1 saturated heterocycles. The Bertz CT molecular complexity index is 550. The first kappa shape index (κ1) is 13.1. The average molecular weight is 264 g/mol. The Balaban J connectivity index is 2.11. The van der Waals surface area contributed by atoms with Gasteiger partial charge in [-0.25, -0.2) is 0 Å². The molecule has 0 unspecified atom stereocenters. The van der Waals surface area contributed by atoms with E-state index in [4.69, 9.17) is 0 Å². The van der Waals surface area contributed by atoms with Crippen molar-refractivity contribution in [3.63, 3.8) is 0 Å². The quantitative estimate of drug-likeness (QED) is 0.696. The molecule has 1 aromatic rings. The van der Waals surface area contributed by atoms with Gasteiger partial charge in [-0.3, -0.25) is 0 Å². The van der Waals surface area contributed by atoms with Gasteiger partial charge in [0.1, 0.15) is 0 Å². The van der Waals surface area contributed by atoms with Crippen molar-refractivity contribution in [1.29, 1.82) is 0 Å². The summed E-state index contributed by atoms with van der Waals surface area (Å²) >= 11 is 0. The van der Waals surface area contributed by atoms with Gasteiger partial charge in [0.05, 0.1) is 0 Å². The van der Waals surface area contributed by atoms with Gasteiger partial charge >= 0.3 is 0 Å². The molecular weight excluding hydrogens is 248 g/mol. The maximum atomic E-state index is 12.0. The average Bonchev–Trinajstić information content (AvgIpc) is 2.38. The molecule has 0 radical (unpaired) electrons. The van der Waals surface area contributed by atoms with E-state index in [1.807, 2.05) is 25.2 Å². The van der Waals surface area contributed by atoms with E-state index in [1.54, 1.807) is 12.1 Å². The highest BCUT2D eigenvalue weighted by atomic mass is 32.2. The first-order valence-corrected chi connectivity index (χ1v) is 7.28. The fraction of sp³-hybridized carbons (Fsp3) is 0.385. The van der Waals surface area contributed by atoms with Crippen LogP contribution in [0.15, 0.2) is 30.3 Å². The van der Waals surface area contributed by atoms with E-state index in [-0.39, 0.29) is 0 Å². The summed E-state index contributed by atoms with van der Waals surface area (Å²) in [5.41, 5.74) is 0.718. The lowest BCUT2D eigenvalue weighted by atomic mass is 10.2. The van der Waals surface area contributed by atoms with Crippen LogP contribution in [0, 0.1) is 11.2 Å². The highest BCUT2D eigenvalue weighted by Gasteiger charge is 2.23. The van der Waals surface area contributed by atoms with Crippen molar-refractivity contribution in [2.24, 2.45) is 0 Å². The summed E-state index contributed by atoms with van der Waals surface area (Å²) in [7, 11) is -1.47. The van der Waals surface area contributed by atoms with Crippen LogP contribution in [0.4, 0.5) is 0 Å². The molecule has 1 aromatic carbocycles. The number of sulfonamides is 1. The van der Waals surface area contributed by atoms with Crippen LogP contribution in [0.5, 0.6) is 0 Å². The van der Waals surface area contributed by atoms with Gasteiger partial charge in [0, 0.05) is 37.0 Å². The van der Waals surface area contributed by atoms with Crippen LogP contribution >= 0.6 is 0 Å². The van der Waals surface area contributed by atoms with Crippen molar-refractivity contribution in [3.8, 4) is 11.2 Å². The van der Waals surface area contributed by atoms with E-state index in [9.17, 15) is 8.42 Å². The number of hydrogen-bond acceptors (Lipinski definition) is 3. The monoisotopic (exact) mass is 264 g/mol. The van der Waals surface area contributed by atoms with Crippen LogP contribution in [0.2, 0.25) is 0 Å². The van der Waals surface area contributed by atoms with Crippen molar-refractivity contribution < 1.29 is 8.42 Å². The topological polar surface area (TPSA) is 40.6 Å². The minimum absolute atomic E-state index is 0.516. The van der Waals surface area contributed by atoms with Gasteiger partial charge in [0.15, 0.2) is 0 Å². The zero-order valence-electron chi connectivity index (χ0n) is 10.3. The first-order valence-electron chi connectivity index (χ1n) is 5.84. The third-order valence-corrected chi connectivity index (χ3v) is 4.31. The van der Waals surface area contributed by atoms with Crippen LogP contribution in [-0.2, 0) is 10.0 Å². The number of benzene rings is 1. The molecule has 5 heteroatoms. The molecule has 0 spiro atoms. The van der Waals surface area contributed by atoms with Crippen LogP contribution < -0.4 is 0 Å². The molecule has 2 rings (SSSR count). The molecule has 0 aliphatic carbocycles. The summed E-state index contributed by atoms with van der Waals surface area (Å²) < 4.78 is 25.4. The molecule has 0 aromatic heterocycles. The number of likely N-dealkylation sites (N-methyl/N-ethyl adjacent to an activating group) is 1. The van der Waals surface area contributed by atoms with Crippen LogP contribution in [-0.4, -0.2) is 50.8 Å². The maximum absolute atomic E-state index is 12.0. The summed E-state index contributed by atoms with van der Waals surface area (Å²) in [5, 5.41) is 2.39. The zero-order chi connectivity index (χ0) is 13.0. The molecule has 1 fully saturated rings. The molecule has 1 aliphatic rings. The third kappa shape index (κ3) is 3.33. The fourth-order valence-electron chi connectivity index (χ4n) is 1.74. The molecular formula is C13H16N2O2S. The zero-order valence-corrected chi connectivity index (χ0v) is 11.2. The predicted octanol–water partition coefficient (Wildman–Crippen LogP) is 0.573. The third-order valence-electron chi connectivity index (χ3n) is 2.90. The second kappa shape index (κ2) is 5.53. The summed E-state index contributed by atoms with van der Waals surface area (Å²) in [4.78, 5) is 2.11. The van der Waals surface area contributed by atoms with E-state index in [1.165, 1.54) is 4.31 Å². The van der Waals surface area contributed by atoms with Gasteiger partial charge in [-0.15, -0.1) is 0 Å². The minimum Gasteiger partial charge on any atom is -0.304 e. The predicted molar refractivity (Wildman–Crippen MR) is 71.3 cm³/mol. The standard InChI is InChI=1S/C13H16N2O2S/c1-14-8-10-15(11-9-14)18(16,17)12-7-13-5-3-2-4-6-13/h2-6H,8-11H2,1H3. The SMILES string of the molecule is CN1CCN(S(=O)(=O)C#Cc2ccccc2)CC1. The van der Waals surface area contributed by atoms with Crippen molar-refractivity contribution in [1.82, 2.24) is 9.21 Å². The van der Waals surface area contributed by atoms with E-state index in [0.29, 0.717) is 13.1 Å². The van der Waals surface area contributed by atoms with Crippen molar-refractivity contribution in [2.75, 3.05) is 33.2 Å². The molecule has 0 amide bonds. The molecule has 0 N–H and O–H groups in total. The van der Waals surface area contributed by atoms with Gasteiger partial charge in [-0.1, -0.05) is 18.2 Å². The van der Waals surface area contributed by atoms with E-state index < -0.39 is 10.0 Å². The largest absolute Gasteiger partial charge is 0.304 e. The molecule has 18 heavy (non-hydrogen) atoms. The Hall–Kier alpha value is -1.35. The van der Waals surface area contributed by atoms with Gasteiger partial charge in [-0.2, -0.15) is 12.7 Å². The highest BCUT2D eigenvalue weighted by molar-refractivity contribution is 7.93. The number of piperazine rings is 1. The number of hydrogen-bond donors (Lipinski definition) is 0. The van der Waals surface area contributed by atoms with Gasteiger partial charge in [0.25, 0.3) is 10.0 Å². The highest BCUT2D eigenvalue weighted by Crippen LogP contribution is 2.06. The van der Waals surface area contributed by atoms with E-state index in [0.717, 1.165) is 18.7 Å². The van der Waals surface area contributed by atoms with Crippen molar-refractivity contribution in [3.05, 3.63) is 35.9 Å². The van der Waals surface area contributed by atoms with Crippen molar-refractivity contribution in [2.45, 2.75) is 0 Å². The van der Waals surface area contributed by atoms with Crippen LogP contribution in [0.3, 0.4) is 0 Å². The summed E-state index contributed by atoms with van der Waals surface area (Å²) in [6.45, 7) is 2.54. The van der Waals surface area contributed by atoms with E-state index >= 15 is 0 Å². The van der Waals surface area contributed by atoms with E-state index in [2.05, 4.69) is 16.1 Å². The van der Waals surface area contributed by atoms with Crippen LogP contribution in [0.25, 0.3) is 0 Å². The summed E-state index contributed by atoms with van der Waals surface area (Å²) in [6.07, 6.45) is 0. The fourth-order valence-corrected chi connectivity index (χ4v) is 2.76. The second-order valence-corrected chi connectivity index (χ2v) is 5.97. The minimum atomic E-state index is -3.46. The molecule has 0 atom stereocenters. The molecule has 4 nitrogen and oxygen atoms in total. The lowest BCUT2D eigenvalue weighted by Gasteiger charge is -2.29. The molecule has 96 valence electrons. The maximum Gasteiger partial charge on any atom is 0.283 e. The van der Waals surface area contributed by atoms with Crippen LogP contribution in [0.1, 0.15) is 5.56 Å². The van der Waals surface area contributed by atoms with Crippen molar-refractivity contribution >= 4 is 10.0 Å². The summed E-state index contributed by atoms with van der Waals surface area (Å²) in [5.74, 6) is 2.70. The first-order chi connectivity index (χ1) is 8.58. The normalized spacial score (nSPS) is 18.1. The second-order valence-electron chi connectivity index (χ2n) is 4.30. The summed E-state index contributed by atoms with van der Waals surface area (Å²) in [6, 6.07) is 9.15. The van der Waals surface area contributed by atoms with Gasteiger partial charge in [-0.05, 0) is 25.1 Å². The molecule has 1 heterocycles. The van der Waals surface area contributed by atoms with Gasteiger partial charge < -0.3 is 4.90 Å². The Morgan fingerprint density at radius 3 is 2.28 bits per heavy atom. The lowest BCUT2D eigenvalue weighted by molar-refractivity contribution is 0.224. The number of nitrogens with zero attached hydrogens (tertiary/aromatic N) is 2. The Kier molecular flexibility index (Phi) is 4.02. The Labute approximate surface area is 108 Å². The molecule has 0 saturated carbocycles.